The maximum atomic E-state index is 13.1. The lowest BCUT2D eigenvalue weighted by Gasteiger charge is -2.22. The second-order valence-electron chi connectivity index (χ2n) is 9.03. The lowest BCUT2D eigenvalue weighted by atomic mass is 10.1. The average molecular weight is 655 g/mol. The van der Waals surface area contributed by atoms with Crippen molar-refractivity contribution in [1.29, 1.82) is 0 Å². The van der Waals surface area contributed by atoms with Crippen LogP contribution < -0.4 is 42.5 Å². The van der Waals surface area contributed by atoms with Gasteiger partial charge in [-0.25, -0.2) is 19.2 Å². The van der Waals surface area contributed by atoms with Gasteiger partial charge in [0, 0.05) is 18.6 Å². The summed E-state index contributed by atoms with van der Waals surface area (Å²) in [4.78, 5) is 105. The minimum Gasteiger partial charge on any atom is -0.357 e. The van der Waals surface area contributed by atoms with Crippen LogP contribution in [0.25, 0.3) is 0 Å². The Morgan fingerprint density at radius 3 is 1.77 bits per heavy atom. The number of nitrogens with one attached hydrogen (secondary N) is 8. The van der Waals surface area contributed by atoms with E-state index >= 15 is 0 Å². The van der Waals surface area contributed by atoms with Crippen molar-refractivity contribution in [2.45, 2.75) is 48.6 Å². The van der Waals surface area contributed by atoms with E-state index < -0.39 is 52.7 Å². The molecule has 44 heavy (non-hydrogen) atoms. The number of hydrogen-bond acceptors (Lipinski definition) is 11. The quantitative estimate of drug-likeness (QED) is 0.0842. The number of thioether (sulfide) groups is 2. The normalized spacial score (nSPS) is 12.3. The highest BCUT2D eigenvalue weighted by Gasteiger charge is 2.26. The predicted octanol–water partition coefficient (Wildman–Crippen LogP) is -0.389. The van der Waals surface area contributed by atoms with Crippen molar-refractivity contribution < 1.29 is 43.2 Å². The summed E-state index contributed by atoms with van der Waals surface area (Å²) in [5, 5.41) is 14.2. The first kappa shape index (κ1) is 37.4. The molecule has 19 heteroatoms. The Hall–Kier alpha value is -4.65. The molecule has 0 heterocycles. The van der Waals surface area contributed by atoms with Crippen LogP contribution in [0.5, 0.6) is 0 Å². The van der Waals surface area contributed by atoms with Crippen LogP contribution in [-0.2, 0) is 35.5 Å². The fraction of sp³-hybridized carbons (Fsp3) is 0.400. The molecular formula is C25H34N8O9S2. The van der Waals surface area contributed by atoms with Crippen LogP contribution >= 0.6 is 23.5 Å². The van der Waals surface area contributed by atoms with Gasteiger partial charge >= 0.3 is 24.1 Å². The third-order valence-corrected chi connectivity index (χ3v) is 7.53. The Bertz CT molecular complexity index is 1220. The fourth-order valence-corrected chi connectivity index (χ4v) is 5.38. The van der Waals surface area contributed by atoms with Crippen molar-refractivity contribution in [2.24, 2.45) is 5.92 Å². The molecule has 0 aromatic heterocycles. The van der Waals surface area contributed by atoms with Gasteiger partial charge in [-0.3, -0.25) is 40.4 Å². The third kappa shape index (κ3) is 14.5. The average Bonchev–Trinajstić information content (AvgIpc) is 2.96. The van der Waals surface area contributed by atoms with Crippen LogP contribution in [0.3, 0.4) is 0 Å². The first-order chi connectivity index (χ1) is 20.9. The highest BCUT2D eigenvalue weighted by molar-refractivity contribution is 8.00. The van der Waals surface area contributed by atoms with Gasteiger partial charge in [-0.1, -0.05) is 38.1 Å². The summed E-state index contributed by atoms with van der Waals surface area (Å²) in [5.74, 6) is -0.633. The predicted molar refractivity (Wildman–Crippen MR) is 161 cm³/mol. The van der Waals surface area contributed by atoms with Crippen LogP contribution in [0, 0.1) is 5.92 Å². The fourth-order valence-electron chi connectivity index (χ4n) is 3.29. The van der Waals surface area contributed by atoms with Crippen molar-refractivity contribution in [3.8, 4) is 0 Å². The van der Waals surface area contributed by atoms with Crippen molar-refractivity contribution in [1.82, 2.24) is 42.5 Å². The molecule has 0 bridgehead atoms. The van der Waals surface area contributed by atoms with Gasteiger partial charge in [0.25, 0.3) is 11.8 Å². The number of aldehydes is 1. The zero-order valence-electron chi connectivity index (χ0n) is 24.0. The minimum atomic E-state index is -1.36. The summed E-state index contributed by atoms with van der Waals surface area (Å²) in [5.41, 5.74) is 1.49. The molecule has 0 fully saturated rings. The van der Waals surface area contributed by atoms with Crippen LogP contribution in [0.15, 0.2) is 24.3 Å². The van der Waals surface area contributed by atoms with Crippen molar-refractivity contribution in [3.63, 3.8) is 0 Å². The molecule has 0 aliphatic heterocycles. The number of urea groups is 4. The van der Waals surface area contributed by atoms with E-state index in [0.29, 0.717) is 24.9 Å². The van der Waals surface area contributed by atoms with E-state index in [4.69, 9.17) is 0 Å². The van der Waals surface area contributed by atoms with Crippen LogP contribution in [0.2, 0.25) is 0 Å². The van der Waals surface area contributed by atoms with E-state index in [2.05, 4.69) is 21.3 Å². The van der Waals surface area contributed by atoms with Crippen LogP contribution in [0.1, 0.15) is 31.4 Å². The maximum absolute atomic E-state index is 13.1. The van der Waals surface area contributed by atoms with E-state index in [1.807, 2.05) is 13.8 Å². The number of likely N-dealkylation sites (N-methyl/N-ethyl adjacent to an activating group) is 1. The van der Waals surface area contributed by atoms with Gasteiger partial charge < -0.3 is 26.1 Å². The number of carbonyl (C=O) groups is 9. The molecule has 1 rings (SSSR count). The Balaban J connectivity index is 3.02. The van der Waals surface area contributed by atoms with Crippen molar-refractivity contribution >= 4 is 78.6 Å². The molecule has 0 saturated heterocycles. The minimum absolute atomic E-state index is 0.000864. The van der Waals surface area contributed by atoms with Gasteiger partial charge in [-0.2, -0.15) is 0 Å². The van der Waals surface area contributed by atoms with Gasteiger partial charge in [0.15, 0.2) is 10.7 Å². The second-order valence-corrected chi connectivity index (χ2v) is 11.2. The molecule has 3 unspecified atom stereocenters. The third-order valence-electron chi connectivity index (χ3n) is 5.22. The van der Waals surface area contributed by atoms with Gasteiger partial charge in [0.1, 0.15) is 6.29 Å². The molecule has 8 N–H and O–H groups in total. The molecule has 240 valence electrons. The number of carbonyl (C=O) groups excluding carboxylic acids is 9. The highest BCUT2D eigenvalue weighted by Crippen LogP contribution is 2.25. The lowest BCUT2D eigenvalue weighted by molar-refractivity contribution is -0.124. The number of amides is 12. The first-order valence-electron chi connectivity index (χ1n) is 12.8. The highest BCUT2D eigenvalue weighted by atomic mass is 32.2. The number of benzene rings is 1. The summed E-state index contributed by atoms with van der Waals surface area (Å²) < 4.78 is 0. The topological polar surface area (TPSA) is 250 Å². The van der Waals surface area contributed by atoms with E-state index in [1.54, 1.807) is 45.5 Å². The molecule has 3 atom stereocenters. The SMILES string of the molecule is CNC(=O)C(NC=O)SCc1ccccc1CSC(NC(=O)NC(=O)NC(=O)NC(=O)NC=O)C(=O)NC(C=O)CC(C)C. The zero-order chi connectivity index (χ0) is 33.1. The standard InChI is InChI=1S/C25H34N8O9S2/c1-14(2)8-17(9-34)29-19(38)21(30-23(40)32-25(42)33-24(41)31-22(39)28-13-36)44-11-16-7-5-4-6-15(16)10-43-20(27-12-35)18(37)26-3/h4-7,9,12-14,17,20-21H,8,10-11H2,1-3H3,(H,26,37)(H,27,35)(H,29,38)(H5,28,30,31,32,33,36,39,40,41,42). The van der Waals surface area contributed by atoms with Crippen molar-refractivity contribution in [3.05, 3.63) is 35.4 Å². The molecule has 0 saturated carbocycles. The number of hydrogen-bond donors (Lipinski definition) is 8. The maximum Gasteiger partial charge on any atom is 0.330 e. The number of rotatable bonds is 16. The van der Waals surface area contributed by atoms with Gasteiger partial charge in [-0.15, -0.1) is 23.5 Å². The summed E-state index contributed by atoms with van der Waals surface area (Å²) in [6.45, 7) is 3.71. The summed E-state index contributed by atoms with van der Waals surface area (Å²) in [7, 11) is 1.44. The molecule has 17 nitrogen and oxygen atoms in total. The summed E-state index contributed by atoms with van der Waals surface area (Å²) in [6, 6.07) is 1.09. The van der Waals surface area contributed by atoms with Gasteiger partial charge in [0.05, 0.1) is 6.04 Å². The monoisotopic (exact) mass is 654 g/mol. The number of imide groups is 4. The van der Waals surface area contributed by atoms with E-state index in [0.717, 1.165) is 34.7 Å². The molecule has 1 aromatic carbocycles. The largest absolute Gasteiger partial charge is 0.357 e. The zero-order valence-corrected chi connectivity index (χ0v) is 25.6. The van der Waals surface area contributed by atoms with Gasteiger partial charge in [0.2, 0.25) is 12.8 Å². The molecule has 12 amide bonds. The first-order valence-corrected chi connectivity index (χ1v) is 14.9. The summed E-state index contributed by atoms with van der Waals surface area (Å²) in [6.07, 6.45) is 1.31. The van der Waals surface area contributed by atoms with Crippen molar-refractivity contribution in [2.75, 3.05) is 7.05 Å². The second kappa shape index (κ2) is 20.3. The lowest BCUT2D eigenvalue weighted by Crippen LogP contribution is -2.55. The summed E-state index contributed by atoms with van der Waals surface area (Å²) >= 11 is 2.10. The molecule has 0 radical (unpaired) electrons. The molecule has 1 aromatic rings. The Labute approximate surface area is 260 Å². The molecular weight excluding hydrogens is 620 g/mol. The Morgan fingerprint density at radius 2 is 1.27 bits per heavy atom. The Morgan fingerprint density at radius 1 is 0.727 bits per heavy atom. The van der Waals surface area contributed by atoms with E-state index in [9.17, 15) is 43.2 Å². The Kier molecular flexibility index (Phi) is 17.2. The molecule has 0 aliphatic rings. The van der Waals surface area contributed by atoms with Crippen LogP contribution in [-0.4, -0.2) is 78.9 Å². The molecule has 0 spiro atoms. The smallest absolute Gasteiger partial charge is 0.330 e. The van der Waals surface area contributed by atoms with Crippen LogP contribution in [0.4, 0.5) is 19.2 Å². The molecule has 0 aliphatic carbocycles. The van der Waals surface area contributed by atoms with E-state index in [-0.39, 0.29) is 18.1 Å². The van der Waals surface area contributed by atoms with Gasteiger partial charge in [-0.05, 0) is 23.5 Å². The van der Waals surface area contributed by atoms with E-state index in [1.165, 1.54) is 7.05 Å².